The van der Waals surface area contributed by atoms with Gasteiger partial charge in [0.25, 0.3) is 0 Å². The van der Waals surface area contributed by atoms with E-state index < -0.39 is 5.82 Å². The SMILES string of the molecule is Oc1ccc(-c2noc([C@@H]3CCCCN3)n2)cc1F. The topological polar surface area (TPSA) is 71.2 Å². The number of rotatable bonds is 2. The predicted octanol–water partition coefficient (Wildman–Crippen LogP) is 2.40. The fourth-order valence-corrected chi connectivity index (χ4v) is 2.20. The van der Waals surface area contributed by atoms with Gasteiger partial charge in [-0.2, -0.15) is 4.98 Å². The molecule has 0 amide bonds. The van der Waals surface area contributed by atoms with E-state index in [1.165, 1.54) is 12.1 Å². The van der Waals surface area contributed by atoms with E-state index in [9.17, 15) is 4.39 Å². The van der Waals surface area contributed by atoms with Crippen molar-refractivity contribution in [2.24, 2.45) is 0 Å². The van der Waals surface area contributed by atoms with Crippen LogP contribution in [0.3, 0.4) is 0 Å². The molecule has 0 unspecified atom stereocenters. The van der Waals surface area contributed by atoms with E-state index in [0.717, 1.165) is 25.8 Å². The smallest absolute Gasteiger partial charge is 0.244 e. The Balaban J connectivity index is 1.85. The zero-order chi connectivity index (χ0) is 13.2. The van der Waals surface area contributed by atoms with Crippen LogP contribution in [0.25, 0.3) is 11.4 Å². The number of piperidine rings is 1. The van der Waals surface area contributed by atoms with Crippen molar-refractivity contribution in [3.05, 3.63) is 29.9 Å². The Kier molecular flexibility index (Phi) is 3.16. The molecule has 1 aliphatic rings. The largest absolute Gasteiger partial charge is 0.505 e. The lowest BCUT2D eigenvalue weighted by molar-refractivity contribution is 0.297. The maximum atomic E-state index is 13.3. The van der Waals surface area contributed by atoms with Crippen LogP contribution >= 0.6 is 0 Å². The molecule has 1 aromatic carbocycles. The van der Waals surface area contributed by atoms with Gasteiger partial charge in [-0.15, -0.1) is 0 Å². The highest BCUT2D eigenvalue weighted by molar-refractivity contribution is 5.55. The number of phenols is 1. The zero-order valence-electron chi connectivity index (χ0n) is 10.3. The zero-order valence-corrected chi connectivity index (χ0v) is 10.3. The highest BCUT2D eigenvalue weighted by Crippen LogP contribution is 2.26. The molecule has 0 bridgehead atoms. The number of nitrogens with one attached hydrogen (secondary N) is 1. The van der Waals surface area contributed by atoms with E-state index in [1.54, 1.807) is 6.07 Å². The highest BCUT2D eigenvalue weighted by atomic mass is 19.1. The van der Waals surface area contributed by atoms with Gasteiger partial charge in [-0.05, 0) is 37.6 Å². The second kappa shape index (κ2) is 4.97. The minimum Gasteiger partial charge on any atom is -0.505 e. The van der Waals surface area contributed by atoms with Crippen LogP contribution in [0, 0.1) is 5.82 Å². The molecule has 19 heavy (non-hydrogen) atoms. The number of halogens is 1. The molecule has 3 rings (SSSR count). The summed E-state index contributed by atoms with van der Waals surface area (Å²) in [6.07, 6.45) is 3.25. The van der Waals surface area contributed by atoms with E-state index in [1.807, 2.05) is 0 Å². The number of aromatic hydroxyl groups is 1. The fraction of sp³-hybridized carbons (Fsp3) is 0.385. The third kappa shape index (κ3) is 2.44. The summed E-state index contributed by atoms with van der Waals surface area (Å²) in [7, 11) is 0. The van der Waals surface area contributed by atoms with Crippen molar-refractivity contribution in [3.8, 4) is 17.1 Å². The summed E-state index contributed by atoms with van der Waals surface area (Å²) < 4.78 is 18.5. The van der Waals surface area contributed by atoms with E-state index in [2.05, 4.69) is 15.5 Å². The third-order valence-electron chi connectivity index (χ3n) is 3.26. The Morgan fingerprint density at radius 2 is 2.26 bits per heavy atom. The van der Waals surface area contributed by atoms with Gasteiger partial charge in [0.2, 0.25) is 11.7 Å². The van der Waals surface area contributed by atoms with Crippen LogP contribution in [0.1, 0.15) is 31.2 Å². The van der Waals surface area contributed by atoms with Gasteiger partial charge in [-0.25, -0.2) is 4.39 Å². The monoisotopic (exact) mass is 263 g/mol. The van der Waals surface area contributed by atoms with Crippen LogP contribution in [0.15, 0.2) is 22.7 Å². The van der Waals surface area contributed by atoms with E-state index in [0.29, 0.717) is 17.3 Å². The first kappa shape index (κ1) is 12.1. The Bertz CT molecular complexity index is 579. The van der Waals surface area contributed by atoms with Crippen LogP contribution in [-0.2, 0) is 0 Å². The molecule has 0 saturated carbocycles. The lowest BCUT2D eigenvalue weighted by Crippen LogP contribution is -2.26. The molecule has 1 fully saturated rings. The molecule has 2 aromatic rings. The number of nitrogens with zero attached hydrogens (tertiary/aromatic N) is 2. The molecule has 1 atom stereocenters. The maximum absolute atomic E-state index is 13.3. The van der Waals surface area contributed by atoms with E-state index >= 15 is 0 Å². The van der Waals surface area contributed by atoms with Crippen LogP contribution in [0.5, 0.6) is 5.75 Å². The lowest BCUT2D eigenvalue weighted by atomic mass is 10.1. The van der Waals surface area contributed by atoms with E-state index in [4.69, 9.17) is 9.63 Å². The van der Waals surface area contributed by atoms with Crippen molar-refractivity contribution in [1.29, 1.82) is 0 Å². The van der Waals surface area contributed by atoms with Crippen molar-refractivity contribution >= 4 is 0 Å². The van der Waals surface area contributed by atoms with Crippen molar-refractivity contribution in [2.75, 3.05) is 6.54 Å². The van der Waals surface area contributed by atoms with E-state index in [-0.39, 0.29) is 11.8 Å². The predicted molar refractivity (Wildman–Crippen MR) is 66.0 cm³/mol. The summed E-state index contributed by atoms with van der Waals surface area (Å²) in [6.45, 7) is 0.941. The van der Waals surface area contributed by atoms with Gasteiger partial charge in [0, 0.05) is 5.56 Å². The van der Waals surface area contributed by atoms with Gasteiger partial charge in [-0.3, -0.25) is 0 Å². The summed E-state index contributed by atoms with van der Waals surface area (Å²) in [5.74, 6) is -0.217. The molecule has 5 nitrogen and oxygen atoms in total. The molecular formula is C13H14FN3O2. The van der Waals surface area contributed by atoms with Gasteiger partial charge in [0.05, 0.1) is 6.04 Å². The third-order valence-corrected chi connectivity index (χ3v) is 3.26. The van der Waals surface area contributed by atoms with Crippen LogP contribution in [0.4, 0.5) is 4.39 Å². The average Bonchev–Trinajstić information content (AvgIpc) is 2.93. The molecule has 2 N–H and O–H groups in total. The molecule has 0 radical (unpaired) electrons. The quantitative estimate of drug-likeness (QED) is 0.870. The lowest BCUT2D eigenvalue weighted by Gasteiger charge is -2.19. The second-order valence-corrected chi connectivity index (χ2v) is 4.62. The number of aromatic nitrogens is 2. The van der Waals surface area contributed by atoms with Crippen LogP contribution in [-0.4, -0.2) is 21.8 Å². The summed E-state index contributed by atoms with van der Waals surface area (Å²) in [5, 5.41) is 16.3. The fourth-order valence-electron chi connectivity index (χ4n) is 2.20. The summed E-state index contributed by atoms with van der Waals surface area (Å²) in [6, 6.07) is 4.11. The summed E-state index contributed by atoms with van der Waals surface area (Å²) in [4.78, 5) is 4.29. The van der Waals surface area contributed by atoms with Crippen molar-refractivity contribution < 1.29 is 14.0 Å². The summed E-state index contributed by atoms with van der Waals surface area (Å²) >= 11 is 0. The number of hydrogen-bond acceptors (Lipinski definition) is 5. The Hall–Kier alpha value is -1.95. The van der Waals surface area contributed by atoms with Gasteiger partial charge >= 0.3 is 0 Å². The van der Waals surface area contributed by atoms with Gasteiger partial charge in [-0.1, -0.05) is 11.6 Å². The molecule has 6 heteroatoms. The minimum atomic E-state index is -0.695. The standard InChI is InChI=1S/C13H14FN3O2/c14-9-7-8(4-5-11(9)18)12-16-13(19-17-12)10-3-1-2-6-15-10/h4-5,7,10,15,18H,1-3,6H2/t10-/m0/s1. The van der Waals surface area contributed by atoms with Crippen molar-refractivity contribution in [2.45, 2.75) is 25.3 Å². The minimum absolute atomic E-state index is 0.0805. The van der Waals surface area contributed by atoms with Crippen molar-refractivity contribution in [1.82, 2.24) is 15.5 Å². The van der Waals surface area contributed by atoms with Gasteiger partial charge < -0.3 is 14.9 Å². The average molecular weight is 263 g/mol. The van der Waals surface area contributed by atoms with Gasteiger partial charge in [0.1, 0.15) is 0 Å². The molecule has 1 aliphatic heterocycles. The first-order valence-electron chi connectivity index (χ1n) is 6.30. The Labute approximate surface area is 109 Å². The van der Waals surface area contributed by atoms with Gasteiger partial charge in [0.15, 0.2) is 11.6 Å². The Morgan fingerprint density at radius 1 is 1.37 bits per heavy atom. The first-order valence-corrected chi connectivity index (χ1v) is 6.30. The molecule has 1 saturated heterocycles. The second-order valence-electron chi connectivity index (χ2n) is 4.62. The highest BCUT2D eigenvalue weighted by Gasteiger charge is 2.21. The van der Waals surface area contributed by atoms with Crippen molar-refractivity contribution in [3.63, 3.8) is 0 Å². The first-order chi connectivity index (χ1) is 9.24. The normalized spacial score (nSPS) is 19.5. The molecule has 100 valence electrons. The maximum Gasteiger partial charge on any atom is 0.244 e. The molecular weight excluding hydrogens is 249 g/mol. The summed E-state index contributed by atoms with van der Waals surface area (Å²) in [5.41, 5.74) is 0.487. The molecule has 1 aromatic heterocycles. The molecule has 0 aliphatic carbocycles. The number of benzene rings is 1. The molecule has 0 spiro atoms. The number of hydrogen-bond donors (Lipinski definition) is 2. The Morgan fingerprint density at radius 3 is 3.00 bits per heavy atom. The molecule has 2 heterocycles. The van der Waals surface area contributed by atoms with Crippen LogP contribution in [0.2, 0.25) is 0 Å². The number of phenolic OH excluding ortho intramolecular Hbond substituents is 1. The van der Waals surface area contributed by atoms with Crippen LogP contribution < -0.4 is 5.32 Å².